The number of rotatable bonds is 12. The third kappa shape index (κ3) is 5.73. The average Bonchev–Trinajstić information content (AvgIpc) is 3.53. The third-order valence-corrected chi connectivity index (χ3v) is 7.57. The maximum Gasteiger partial charge on any atom is 0.348 e. The third-order valence-electron chi connectivity index (χ3n) is 7.40. The minimum Gasteiger partial charge on any atom is -0.479 e. The molecular formula is C29H27ClFN5O8. The van der Waals surface area contributed by atoms with Crippen LogP contribution in [0.5, 0.6) is 0 Å². The van der Waals surface area contributed by atoms with Gasteiger partial charge in [-0.1, -0.05) is 48.5 Å². The van der Waals surface area contributed by atoms with E-state index in [4.69, 9.17) is 21.1 Å². The van der Waals surface area contributed by atoms with Gasteiger partial charge in [-0.05, 0) is 34.9 Å². The van der Waals surface area contributed by atoms with Crippen LogP contribution in [0, 0.1) is 5.82 Å². The van der Waals surface area contributed by atoms with Gasteiger partial charge in [0, 0.05) is 13.0 Å². The number of aliphatic hydroxyl groups is 2. The van der Waals surface area contributed by atoms with Crippen LogP contribution in [0.15, 0.2) is 73.6 Å². The zero-order valence-corrected chi connectivity index (χ0v) is 23.6. The van der Waals surface area contributed by atoms with E-state index in [9.17, 15) is 34.4 Å². The number of carboxylic acid groups (broad SMARTS) is 2. The summed E-state index contributed by atoms with van der Waals surface area (Å²) in [6.45, 7) is 3.07. The number of hydrogen-bond acceptors (Lipinski definition) is 10. The SMILES string of the molecule is C=C[C@@]1(O)[C@@H](COC(Cc2ccccc2)(C(=O)O)C(=O)O)O[C@@H](n2cnc3c(NCc4ccc(F)cc4)nc(Cl)nc32)[C@@H]1O. The molecule has 0 aliphatic carbocycles. The van der Waals surface area contributed by atoms with Gasteiger partial charge in [-0.15, -0.1) is 6.58 Å². The van der Waals surface area contributed by atoms with Crippen LogP contribution >= 0.6 is 11.6 Å². The Bertz CT molecular complexity index is 1670. The molecule has 1 aliphatic rings. The number of aromatic nitrogens is 4. The number of aliphatic hydroxyl groups excluding tert-OH is 1. The minimum absolute atomic E-state index is 0.109. The van der Waals surface area contributed by atoms with E-state index in [1.54, 1.807) is 42.5 Å². The summed E-state index contributed by atoms with van der Waals surface area (Å²) in [5.74, 6) is -3.69. The summed E-state index contributed by atoms with van der Waals surface area (Å²) in [7, 11) is 0. The predicted molar refractivity (Wildman–Crippen MR) is 153 cm³/mol. The Morgan fingerprint density at radius 1 is 1.14 bits per heavy atom. The summed E-state index contributed by atoms with van der Waals surface area (Å²) in [5.41, 5.74) is -3.48. The highest BCUT2D eigenvalue weighted by atomic mass is 35.5. The number of fused-ring (bicyclic) bond motifs is 1. The lowest BCUT2D eigenvalue weighted by atomic mass is 9.91. The first-order valence-electron chi connectivity index (χ1n) is 13.2. The molecule has 1 fully saturated rings. The zero-order valence-electron chi connectivity index (χ0n) is 22.9. The Kier molecular flexibility index (Phi) is 8.63. The number of benzene rings is 2. The van der Waals surface area contributed by atoms with Crippen molar-refractivity contribution in [2.24, 2.45) is 0 Å². The van der Waals surface area contributed by atoms with Crippen LogP contribution in [-0.4, -0.2) is 81.9 Å². The first-order chi connectivity index (χ1) is 21.0. The highest BCUT2D eigenvalue weighted by Crippen LogP contribution is 2.40. The largest absolute Gasteiger partial charge is 0.479 e. The number of aliphatic carboxylic acids is 2. The van der Waals surface area contributed by atoms with E-state index in [1.807, 2.05) is 0 Å². The van der Waals surface area contributed by atoms with Gasteiger partial charge in [-0.3, -0.25) is 4.57 Å². The average molecular weight is 628 g/mol. The molecule has 1 saturated heterocycles. The molecule has 5 rings (SSSR count). The van der Waals surface area contributed by atoms with E-state index in [1.165, 1.54) is 23.0 Å². The van der Waals surface area contributed by atoms with E-state index in [2.05, 4.69) is 26.8 Å². The molecule has 1 aliphatic heterocycles. The van der Waals surface area contributed by atoms with Crippen LogP contribution in [-0.2, 0) is 32.0 Å². The van der Waals surface area contributed by atoms with Crippen molar-refractivity contribution in [3.05, 3.63) is 95.8 Å². The number of hydrogen-bond donors (Lipinski definition) is 5. The molecule has 13 nitrogen and oxygen atoms in total. The number of imidazole rings is 1. The van der Waals surface area contributed by atoms with Gasteiger partial charge in [0.15, 0.2) is 23.2 Å². The highest BCUT2D eigenvalue weighted by Gasteiger charge is 2.57. The Morgan fingerprint density at radius 2 is 1.82 bits per heavy atom. The summed E-state index contributed by atoms with van der Waals surface area (Å²) < 4.78 is 26.0. The Morgan fingerprint density at radius 3 is 2.45 bits per heavy atom. The molecule has 5 N–H and O–H groups in total. The number of anilines is 1. The van der Waals surface area contributed by atoms with Gasteiger partial charge in [-0.25, -0.2) is 19.0 Å². The second kappa shape index (κ2) is 12.3. The van der Waals surface area contributed by atoms with Crippen molar-refractivity contribution in [3.63, 3.8) is 0 Å². The summed E-state index contributed by atoms with van der Waals surface area (Å²) in [6.07, 6.45) is -2.81. The first-order valence-corrected chi connectivity index (χ1v) is 13.6. The van der Waals surface area contributed by atoms with E-state index < -0.39 is 54.6 Å². The van der Waals surface area contributed by atoms with Gasteiger partial charge in [0.25, 0.3) is 5.60 Å². The number of nitrogens with one attached hydrogen (secondary N) is 1. The zero-order chi connectivity index (χ0) is 31.6. The molecule has 2 aromatic carbocycles. The summed E-state index contributed by atoms with van der Waals surface area (Å²) >= 11 is 6.18. The molecule has 0 spiro atoms. The lowest BCUT2D eigenvalue weighted by molar-refractivity contribution is -0.191. The van der Waals surface area contributed by atoms with Crippen LogP contribution in [0.25, 0.3) is 11.2 Å². The Hall–Kier alpha value is -4.47. The van der Waals surface area contributed by atoms with Crippen molar-refractivity contribution in [2.75, 3.05) is 11.9 Å². The topological polar surface area (TPSA) is 189 Å². The second-order valence-electron chi connectivity index (χ2n) is 10.1. The fraction of sp³-hybridized carbons (Fsp3) is 0.276. The summed E-state index contributed by atoms with van der Waals surface area (Å²) in [6, 6.07) is 13.8. The maximum atomic E-state index is 13.3. The van der Waals surface area contributed by atoms with Gasteiger partial charge in [0.05, 0.1) is 12.9 Å². The quantitative estimate of drug-likeness (QED) is 0.0878. The highest BCUT2D eigenvalue weighted by molar-refractivity contribution is 6.28. The predicted octanol–water partition coefficient (Wildman–Crippen LogP) is 2.57. The number of halogens is 2. The molecule has 3 heterocycles. The van der Waals surface area contributed by atoms with Crippen LogP contribution in [0.3, 0.4) is 0 Å². The van der Waals surface area contributed by atoms with E-state index in [0.29, 0.717) is 5.56 Å². The molecule has 44 heavy (non-hydrogen) atoms. The van der Waals surface area contributed by atoms with Gasteiger partial charge in [-0.2, -0.15) is 9.97 Å². The number of ether oxygens (including phenoxy) is 2. The van der Waals surface area contributed by atoms with Crippen molar-refractivity contribution < 1.29 is 43.9 Å². The standard InChI is InChI=1S/C29H27ClFN5O8/c1-2-28(42)19(14-43-29(25(38)39,26(40)41)12-16-6-4-3-5-7-16)44-24(21(28)37)36-15-33-20-22(34-27(30)35-23(20)36)32-13-17-8-10-18(31)11-9-17/h2-11,15,19,21,24,37,42H,1,12-14H2,(H,38,39)(H,40,41)(H,32,34,35)/t19-,21+,24-,28-/m1/s1. The van der Waals surface area contributed by atoms with Crippen LogP contribution in [0.1, 0.15) is 17.4 Å². The molecule has 4 aromatic rings. The van der Waals surface area contributed by atoms with Crippen molar-refractivity contribution >= 4 is 40.5 Å². The van der Waals surface area contributed by atoms with Crippen LogP contribution in [0.4, 0.5) is 10.2 Å². The van der Waals surface area contributed by atoms with Crippen molar-refractivity contribution in [2.45, 2.75) is 42.6 Å². The molecule has 0 bridgehead atoms. The number of nitrogens with zero attached hydrogens (tertiary/aromatic N) is 4. The van der Waals surface area contributed by atoms with Gasteiger partial charge >= 0.3 is 11.9 Å². The van der Waals surface area contributed by atoms with Gasteiger partial charge < -0.3 is 35.2 Å². The van der Waals surface area contributed by atoms with Crippen molar-refractivity contribution in [1.29, 1.82) is 0 Å². The maximum absolute atomic E-state index is 13.3. The minimum atomic E-state index is -2.73. The van der Waals surface area contributed by atoms with Crippen molar-refractivity contribution in [3.8, 4) is 0 Å². The summed E-state index contributed by atoms with van der Waals surface area (Å²) in [5, 5.41) is 45.3. The molecule has 230 valence electrons. The fourth-order valence-electron chi connectivity index (χ4n) is 4.92. The fourth-order valence-corrected chi connectivity index (χ4v) is 5.08. The van der Waals surface area contributed by atoms with E-state index in [-0.39, 0.29) is 34.6 Å². The van der Waals surface area contributed by atoms with Crippen LogP contribution < -0.4 is 5.32 Å². The molecule has 0 radical (unpaired) electrons. The van der Waals surface area contributed by atoms with Gasteiger partial charge in [0.1, 0.15) is 23.6 Å². The molecular weight excluding hydrogens is 601 g/mol. The molecule has 15 heteroatoms. The van der Waals surface area contributed by atoms with E-state index in [0.717, 1.165) is 11.6 Å². The monoisotopic (exact) mass is 627 g/mol. The lowest BCUT2D eigenvalue weighted by Crippen LogP contribution is -2.54. The summed E-state index contributed by atoms with van der Waals surface area (Å²) in [4.78, 5) is 37.2. The van der Waals surface area contributed by atoms with E-state index >= 15 is 0 Å². The second-order valence-corrected chi connectivity index (χ2v) is 10.4. The normalized spacial score (nSPS) is 21.8. The smallest absolute Gasteiger partial charge is 0.348 e. The van der Waals surface area contributed by atoms with Crippen molar-refractivity contribution in [1.82, 2.24) is 19.5 Å². The first kappa shape index (κ1) is 31.0. The van der Waals surface area contributed by atoms with Crippen LogP contribution in [0.2, 0.25) is 5.28 Å². The molecule has 0 saturated carbocycles. The molecule has 0 unspecified atom stereocenters. The Labute approximate surface area is 254 Å². The lowest BCUT2D eigenvalue weighted by Gasteiger charge is -2.31. The molecule has 0 amide bonds. The molecule has 2 aromatic heterocycles. The number of carbonyl (C=O) groups is 2. The molecule has 4 atom stereocenters. The Balaban J connectivity index is 1.41. The number of carboxylic acids is 2. The van der Waals surface area contributed by atoms with Gasteiger partial charge in [0.2, 0.25) is 5.28 Å².